The maximum Gasteiger partial charge on any atom is 0.267 e. The average Bonchev–Trinajstić information content (AvgIpc) is 2.47. The van der Waals surface area contributed by atoms with E-state index in [1.54, 1.807) is 4.72 Å². The molecule has 0 radical (unpaired) electrons. The second-order valence-electron chi connectivity index (χ2n) is 6.08. The highest BCUT2D eigenvalue weighted by Gasteiger charge is 2.35. The van der Waals surface area contributed by atoms with Crippen molar-refractivity contribution in [3.05, 3.63) is 28.5 Å². The van der Waals surface area contributed by atoms with Crippen molar-refractivity contribution in [3.8, 4) is 5.75 Å². The first-order valence-electron chi connectivity index (χ1n) is 7.49. The molecule has 0 bridgehead atoms. The predicted molar refractivity (Wildman–Crippen MR) is 86.1 cm³/mol. The van der Waals surface area contributed by atoms with Gasteiger partial charge in [-0.2, -0.15) is 0 Å². The van der Waals surface area contributed by atoms with Gasteiger partial charge in [0.25, 0.3) is 5.91 Å². The van der Waals surface area contributed by atoms with E-state index in [1.807, 2.05) is 0 Å². The molecule has 1 aromatic rings. The smallest absolute Gasteiger partial charge is 0.267 e. The number of hydrogen-bond donors (Lipinski definition) is 1. The van der Waals surface area contributed by atoms with Crippen LogP contribution >= 0.6 is 11.6 Å². The molecule has 0 saturated heterocycles. The quantitative estimate of drug-likeness (QED) is 0.824. The van der Waals surface area contributed by atoms with E-state index in [0.717, 1.165) is 18.4 Å². The third kappa shape index (κ3) is 5.78. The molecular formula is C15H17ClF3NO4S. The molecule has 1 amide bonds. The van der Waals surface area contributed by atoms with Gasteiger partial charge in [0.2, 0.25) is 15.9 Å². The lowest BCUT2D eigenvalue weighted by Gasteiger charge is -2.28. The number of benzene rings is 1. The Morgan fingerprint density at radius 1 is 1.36 bits per heavy atom. The molecule has 1 fully saturated rings. The number of carbonyl (C=O) groups excluding carboxylic acids is 1. The standard InChI is InChI=1S/C15H17ClF3NO4S/c1-25(22,23)20-14(21)10-6-11(16)13(7-12(10)17)24-8-9-2-4-15(18,19)5-3-9/h6-7,9H,2-5,8H2,1H3,(H,20,21). The fourth-order valence-electron chi connectivity index (χ4n) is 2.51. The lowest BCUT2D eigenvalue weighted by Crippen LogP contribution is -2.30. The number of carbonyl (C=O) groups is 1. The van der Waals surface area contributed by atoms with Crippen LogP contribution in [0.25, 0.3) is 0 Å². The average molecular weight is 400 g/mol. The Kier molecular flexibility index (Phi) is 5.88. The number of hydrogen-bond acceptors (Lipinski definition) is 4. The van der Waals surface area contributed by atoms with Crippen molar-refractivity contribution in [2.45, 2.75) is 31.6 Å². The first-order valence-corrected chi connectivity index (χ1v) is 9.75. The minimum absolute atomic E-state index is 0.0348. The van der Waals surface area contributed by atoms with Gasteiger partial charge in [-0.1, -0.05) is 11.6 Å². The SMILES string of the molecule is CS(=O)(=O)NC(=O)c1cc(Cl)c(OCC2CCC(F)(F)CC2)cc1F. The number of nitrogens with one attached hydrogen (secondary N) is 1. The molecule has 1 aliphatic rings. The van der Waals surface area contributed by atoms with Crippen LogP contribution in [0.4, 0.5) is 13.2 Å². The zero-order valence-corrected chi connectivity index (χ0v) is 14.9. The Hall–Kier alpha value is -1.48. The summed E-state index contributed by atoms with van der Waals surface area (Å²) in [6.45, 7) is 0.101. The summed E-state index contributed by atoms with van der Waals surface area (Å²) < 4.78 is 69.3. The van der Waals surface area contributed by atoms with Crippen molar-refractivity contribution in [2.24, 2.45) is 5.92 Å². The van der Waals surface area contributed by atoms with Crippen molar-refractivity contribution < 1.29 is 31.1 Å². The van der Waals surface area contributed by atoms with Crippen molar-refractivity contribution in [2.75, 3.05) is 12.9 Å². The van der Waals surface area contributed by atoms with E-state index in [9.17, 15) is 26.4 Å². The minimum Gasteiger partial charge on any atom is -0.492 e. The van der Waals surface area contributed by atoms with Gasteiger partial charge >= 0.3 is 0 Å². The zero-order valence-electron chi connectivity index (χ0n) is 13.3. The number of amides is 1. The summed E-state index contributed by atoms with van der Waals surface area (Å²) in [5.74, 6) is -4.92. The molecule has 1 saturated carbocycles. The topological polar surface area (TPSA) is 72.5 Å². The summed E-state index contributed by atoms with van der Waals surface area (Å²) in [4.78, 5) is 11.7. The van der Waals surface area contributed by atoms with Gasteiger partial charge in [0, 0.05) is 18.9 Å². The highest BCUT2D eigenvalue weighted by molar-refractivity contribution is 7.89. The van der Waals surface area contributed by atoms with E-state index < -0.39 is 33.2 Å². The van der Waals surface area contributed by atoms with Crippen molar-refractivity contribution in [3.63, 3.8) is 0 Å². The van der Waals surface area contributed by atoms with E-state index in [0.29, 0.717) is 12.8 Å². The van der Waals surface area contributed by atoms with E-state index >= 15 is 0 Å². The summed E-state index contributed by atoms with van der Waals surface area (Å²) in [6.07, 6.45) is 0.918. The van der Waals surface area contributed by atoms with E-state index in [4.69, 9.17) is 16.3 Å². The first-order chi connectivity index (χ1) is 11.5. The molecule has 0 heterocycles. The molecule has 1 aliphatic carbocycles. The van der Waals surface area contributed by atoms with Crippen molar-refractivity contribution in [1.29, 1.82) is 0 Å². The van der Waals surface area contributed by atoms with Gasteiger partial charge in [0.05, 0.1) is 23.4 Å². The highest BCUT2D eigenvalue weighted by atomic mass is 35.5. The van der Waals surface area contributed by atoms with Crippen LogP contribution in [-0.2, 0) is 10.0 Å². The monoisotopic (exact) mass is 399 g/mol. The molecule has 140 valence electrons. The van der Waals surface area contributed by atoms with Crippen LogP contribution in [0.15, 0.2) is 12.1 Å². The summed E-state index contributed by atoms with van der Waals surface area (Å²) in [7, 11) is -3.85. The van der Waals surface area contributed by atoms with Gasteiger partial charge < -0.3 is 4.74 Å². The predicted octanol–water partition coefficient (Wildman–Crippen LogP) is 3.37. The van der Waals surface area contributed by atoms with E-state index in [-0.39, 0.29) is 36.1 Å². The molecule has 0 spiro atoms. The van der Waals surface area contributed by atoms with Gasteiger partial charge in [-0.25, -0.2) is 26.3 Å². The normalized spacial score (nSPS) is 18.0. The molecule has 1 N–H and O–H groups in total. The summed E-state index contributed by atoms with van der Waals surface area (Å²) in [5, 5.41) is -0.0822. The summed E-state index contributed by atoms with van der Waals surface area (Å²) in [6, 6.07) is 1.83. The van der Waals surface area contributed by atoms with Crippen LogP contribution in [0.1, 0.15) is 36.0 Å². The van der Waals surface area contributed by atoms with Gasteiger partial charge in [-0.3, -0.25) is 4.79 Å². The summed E-state index contributed by atoms with van der Waals surface area (Å²) >= 11 is 5.94. The van der Waals surface area contributed by atoms with Crippen molar-refractivity contribution in [1.82, 2.24) is 4.72 Å². The van der Waals surface area contributed by atoms with Crippen molar-refractivity contribution >= 4 is 27.5 Å². The number of sulfonamides is 1. The first kappa shape index (κ1) is 19.8. The Labute approximate surface area is 148 Å². The third-order valence-corrected chi connectivity index (χ3v) is 4.71. The number of halogens is 4. The Morgan fingerprint density at radius 3 is 2.52 bits per heavy atom. The summed E-state index contributed by atoms with van der Waals surface area (Å²) in [5.41, 5.74) is -0.542. The molecule has 0 unspecified atom stereocenters. The zero-order chi connectivity index (χ0) is 18.8. The molecular weight excluding hydrogens is 383 g/mol. The van der Waals surface area contributed by atoms with Crippen LogP contribution in [0, 0.1) is 11.7 Å². The maximum absolute atomic E-state index is 14.0. The van der Waals surface area contributed by atoms with Crippen LogP contribution in [0.3, 0.4) is 0 Å². The van der Waals surface area contributed by atoms with Crippen LogP contribution in [-0.4, -0.2) is 33.1 Å². The molecule has 1 aromatic carbocycles. The largest absolute Gasteiger partial charge is 0.492 e. The molecule has 25 heavy (non-hydrogen) atoms. The lowest BCUT2D eigenvalue weighted by molar-refractivity contribution is -0.0498. The Bertz CT molecular complexity index is 760. The number of rotatable bonds is 5. The number of alkyl halides is 2. The van der Waals surface area contributed by atoms with E-state index in [2.05, 4.69) is 0 Å². The number of ether oxygens (including phenoxy) is 1. The molecule has 5 nitrogen and oxygen atoms in total. The van der Waals surface area contributed by atoms with E-state index in [1.165, 1.54) is 0 Å². The fraction of sp³-hybridized carbons (Fsp3) is 0.533. The molecule has 0 aliphatic heterocycles. The van der Waals surface area contributed by atoms with Gasteiger partial charge in [-0.15, -0.1) is 0 Å². The molecule has 10 heteroatoms. The van der Waals surface area contributed by atoms with Crippen LogP contribution in [0.5, 0.6) is 5.75 Å². The lowest BCUT2D eigenvalue weighted by atomic mass is 9.87. The Morgan fingerprint density at radius 2 is 1.96 bits per heavy atom. The second kappa shape index (κ2) is 7.41. The molecule has 2 rings (SSSR count). The Balaban J connectivity index is 2.03. The van der Waals surface area contributed by atoms with Crippen LogP contribution < -0.4 is 9.46 Å². The molecule has 0 atom stereocenters. The van der Waals surface area contributed by atoms with Gasteiger partial charge in [0.15, 0.2) is 0 Å². The second-order valence-corrected chi connectivity index (χ2v) is 8.23. The third-order valence-electron chi connectivity index (χ3n) is 3.86. The molecule has 0 aromatic heterocycles. The maximum atomic E-state index is 14.0. The minimum atomic E-state index is -3.85. The highest BCUT2D eigenvalue weighted by Crippen LogP contribution is 2.37. The fourth-order valence-corrected chi connectivity index (χ4v) is 3.18. The van der Waals surface area contributed by atoms with Gasteiger partial charge in [0.1, 0.15) is 11.6 Å². The van der Waals surface area contributed by atoms with Gasteiger partial charge in [-0.05, 0) is 24.8 Å². The van der Waals surface area contributed by atoms with Crippen LogP contribution in [0.2, 0.25) is 5.02 Å².